The normalized spacial score (nSPS) is 13.2. The highest BCUT2D eigenvalue weighted by atomic mass is 32.2. The number of carboxylic acids is 2. The second kappa shape index (κ2) is 10.7. The molecule has 0 bridgehead atoms. The Labute approximate surface area is 98.4 Å². The molecule has 0 aliphatic rings. The predicted octanol–water partition coefficient (Wildman–Crippen LogP) is -1.49. The SMILES string of the molecule is CSCCC(N)C(=O)O.NCC(N)C(=O)O. The first-order chi connectivity index (χ1) is 7.36. The second-order valence-electron chi connectivity index (χ2n) is 2.91. The molecule has 0 saturated carbocycles. The lowest BCUT2D eigenvalue weighted by atomic mass is 10.2. The molecule has 7 nitrogen and oxygen atoms in total. The van der Waals surface area contributed by atoms with E-state index in [1.54, 1.807) is 11.8 Å². The number of thioether (sulfide) groups is 1. The topological polar surface area (TPSA) is 153 Å². The summed E-state index contributed by atoms with van der Waals surface area (Å²) in [6.07, 6.45) is 2.48. The summed E-state index contributed by atoms with van der Waals surface area (Å²) in [4.78, 5) is 19.8. The third kappa shape index (κ3) is 11.2. The monoisotopic (exact) mass is 253 g/mol. The lowest BCUT2D eigenvalue weighted by Gasteiger charge is -2.02. The third-order valence-electron chi connectivity index (χ3n) is 1.52. The van der Waals surface area contributed by atoms with Crippen molar-refractivity contribution in [1.29, 1.82) is 0 Å². The molecule has 0 heterocycles. The Balaban J connectivity index is 0. The maximum Gasteiger partial charge on any atom is 0.321 e. The summed E-state index contributed by atoms with van der Waals surface area (Å²) in [6, 6.07) is -1.59. The number of hydrogen-bond donors (Lipinski definition) is 5. The second-order valence-corrected chi connectivity index (χ2v) is 3.89. The van der Waals surface area contributed by atoms with Crippen molar-refractivity contribution in [2.45, 2.75) is 18.5 Å². The molecule has 0 aromatic heterocycles. The summed E-state index contributed by atoms with van der Waals surface area (Å²) in [5.74, 6) is -1.15. The number of carbonyl (C=O) groups is 2. The van der Waals surface area contributed by atoms with Gasteiger partial charge in [-0.15, -0.1) is 0 Å². The van der Waals surface area contributed by atoms with Gasteiger partial charge in [-0.05, 0) is 18.4 Å². The zero-order valence-corrected chi connectivity index (χ0v) is 9.94. The Kier molecular flexibility index (Phi) is 11.7. The van der Waals surface area contributed by atoms with E-state index < -0.39 is 24.0 Å². The number of nitrogens with two attached hydrogens (primary N) is 3. The molecule has 0 radical (unpaired) electrons. The van der Waals surface area contributed by atoms with Crippen molar-refractivity contribution in [3.8, 4) is 0 Å². The minimum Gasteiger partial charge on any atom is -0.480 e. The molecule has 8 N–H and O–H groups in total. The van der Waals surface area contributed by atoms with Gasteiger partial charge in [0.2, 0.25) is 0 Å². The van der Waals surface area contributed by atoms with E-state index in [0.29, 0.717) is 6.42 Å². The molecule has 0 aromatic carbocycles. The van der Waals surface area contributed by atoms with Crippen LogP contribution in [0.3, 0.4) is 0 Å². The van der Waals surface area contributed by atoms with E-state index in [-0.39, 0.29) is 6.54 Å². The smallest absolute Gasteiger partial charge is 0.321 e. The maximum atomic E-state index is 10.1. The van der Waals surface area contributed by atoms with E-state index in [2.05, 4.69) is 0 Å². The van der Waals surface area contributed by atoms with Crippen LogP contribution in [0, 0.1) is 0 Å². The minimum atomic E-state index is -1.05. The van der Waals surface area contributed by atoms with Crippen molar-refractivity contribution < 1.29 is 19.8 Å². The predicted molar refractivity (Wildman–Crippen MR) is 63.3 cm³/mol. The van der Waals surface area contributed by atoms with Crippen LogP contribution in [0.2, 0.25) is 0 Å². The Morgan fingerprint density at radius 2 is 1.62 bits per heavy atom. The molecule has 16 heavy (non-hydrogen) atoms. The molecule has 0 aliphatic carbocycles. The Bertz CT molecular complexity index is 215. The Morgan fingerprint density at radius 3 is 1.81 bits per heavy atom. The molecular weight excluding hydrogens is 234 g/mol. The van der Waals surface area contributed by atoms with Gasteiger partial charge >= 0.3 is 11.9 Å². The van der Waals surface area contributed by atoms with Crippen LogP contribution in [-0.2, 0) is 9.59 Å². The number of rotatable bonds is 6. The molecule has 8 heteroatoms. The lowest BCUT2D eigenvalue weighted by molar-refractivity contribution is -0.139. The van der Waals surface area contributed by atoms with Crippen molar-refractivity contribution in [2.24, 2.45) is 17.2 Å². The van der Waals surface area contributed by atoms with Crippen molar-refractivity contribution in [3.63, 3.8) is 0 Å². The summed E-state index contributed by atoms with van der Waals surface area (Å²) in [7, 11) is 0. The van der Waals surface area contributed by atoms with Crippen LogP contribution in [-0.4, -0.2) is 52.8 Å². The first kappa shape index (κ1) is 17.6. The third-order valence-corrected chi connectivity index (χ3v) is 2.17. The molecule has 0 rings (SSSR count). The highest BCUT2D eigenvalue weighted by molar-refractivity contribution is 7.98. The van der Waals surface area contributed by atoms with Crippen LogP contribution >= 0.6 is 11.8 Å². The van der Waals surface area contributed by atoms with Gasteiger partial charge in [-0.3, -0.25) is 9.59 Å². The van der Waals surface area contributed by atoms with Crippen LogP contribution in [0.4, 0.5) is 0 Å². The molecule has 0 amide bonds. The Morgan fingerprint density at radius 1 is 1.19 bits per heavy atom. The van der Waals surface area contributed by atoms with Gasteiger partial charge in [0.1, 0.15) is 12.1 Å². The molecule has 0 fully saturated rings. The van der Waals surface area contributed by atoms with E-state index in [9.17, 15) is 9.59 Å². The van der Waals surface area contributed by atoms with Crippen LogP contribution in [0.15, 0.2) is 0 Å². The maximum absolute atomic E-state index is 10.1. The van der Waals surface area contributed by atoms with Crippen LogP contribution in [0.1, 0.15) is 6.42 Å². The largest absolute Gasteiger partial charge is 0.480 e. The molecule has 2 atom stereocenters. The average molecular weight is 253 g/mol. The number of hydrogen-bond acceptors (Lipinski definition) is 6. The van der Waals surface area contributed by atoms with E-state index in [4.69, 9.17) is 27.4 Å². The van der Waals surface area contributed by atoms with Gasteiger partial charge < -0.3 is 27.4 Å². The summed E-state index contributed by atoms with van der Waals surface area (Å²) in [5.41, 5.74) is 14.9. The van der Waals surface area contributed by atoms with E-state index in [1.165, 1.54) is 0 Å². The fourth-order valence-electron chi connectivity index (χ4n) is 0.469. The van der Waals surface area contributed by atoms with Gasteiger partial charge in [0, 0.05) is 6.54 Å². The molecule has 2 unspecified atom stereocenters. The van der Waals surface area contributed by atoms with Crippen LogP contribution < -0.4 is 17.2 Å². The molecule has 0 spiro atoms. The first-order valence-electron chi connectivity index (χ1n) is 4.52. The highest BCUT2D eigenvalue weighted by Gasteiger charge is 2.09. The summed E-state index contributed by atoms with van der Waals surface area (Å²) in [5, 5.41) is 16.3. The van der Waals surface area contributed by atoms with Crippen LogP contribution in [0.5, 0.6) is 0 Å². The van der Waals surface area contributed by atoms with E-state index >= 15 is 0 Å². The fraction of sp³-hybridized carbons (Fsp3) is 0.750. The molecule has 0 aliphatic heterocycles. The zero-order chi connectivity index (χ0) is 13.1. The first-order valence-corrected chi connectivity index (χ1v) is 5.91. The van der Waals surface area contributed by atoms with E-state index in [0.717, 1.165) is 5.75 Å². The summed E-state index contributed by atoms with van der Waals surface area (Å²) >= 11 is 1.60. The van der Waals surface area contributed by atoms with Gasteiger partial charge in [-0.1, -0.05) is 0 Å². The molecule has 0 saturated heterocycles. The highest BCUT2D eigenvalue weighted by Crippen LogP contribution is 1.97. The van der Waals surface area contributed by atoms with Gasteiger partial charge in [0.25, 0.3) is 0 Å². The zero-order valence-electron chi connectivity index (χ0n) is 9.13. The van der Waals surface area contributed by atoms with Gasteiger partial charge in [-0.2, -0.15) is 11.8 Å². The van der Waals surface area contributed by atoms with Crippen molar-refractivity contribution in [2.75, 3.05) is 18.6 Å². The quantitative estimate of drug-likeness (QED) is 0.383. The number of aliphatic carboxylic acids is 2. The van der Waals surface area contributed by atoms with Crippen LogP contribution in [0.25, 0.3) is 0 Å². The summed E-state index contributed by atoms with van der Waals surface area (Å²) < 4.78 is 0. The minimum absolute atomic E-state index is 0.00463. The number of carboxylic acid groups (broad SMARTS) is 2. The van der Waals surface area contributed by atoms with E-state index in [1.807, 2.05) is 6.26 Å². The standard InChI is InChI=1S/C5H11NO2S.C3H8N2O2/c1-9-3-2-4(6)5(7)8;4-1-2(5)3(6)7/h4H,2-3,6H2,1H3,(H,7,8);2H,1,4-5H2,(H,6,7). The molecular formula is C8H19N3O4S. The van der Waals surface area contributed by atoms with Crippen molar-refractivity contribution in [3.05, 3.63) is 0 Å². The fourth-order valence-corrected chi connectivity index (χ4v) is 0.959. The van der Waals surface area contributed by atoms with Crippen molar-refractivity contribution in [1.82, 2.24) is 0 Å². The average Bonchev–Trinajstić information content (AvgIpc) is 2.25. The molecule has 0 aromatic rings. The summed E-state index contributed by atoms with van der Waals surface area (Å²) in [6.45, 7) is -0.00463. The van der Waals surface area contributed by atoms with Gasteiger partial charge in [-0.25, -0.2) is 0 Å². The Hall–Kier alpha value is -0.830. The molecule has 96 valence electrons. The van der Waals surface area contributed by atoms with Gasteiger partial charge in [0.15, 0.2) is 0 Å². The van der Waals surface area contributed by atoms with Crippen molar-refractivity contribution >= 4 is 23.7 Å². The van der Waals surface area contributed by atoms with Gasteiger partial charge in [0.05, 0.1) is 0 Å². The lowest BCUT2D eigenvalue weighted by Crippen LogP contribution is -2.37.